The number of H-pyrrole nitrogens is 1. The van der Waals surface area contributed by atoms with Crippen LogP contribution in [0.25, 0.3) is 0 Å². The van der Waals surface area contributed by atoms with Crippen molar-refractivity contribution >= 4 is 10.0 Å². The molecule has 0 spiro atoms. The van der Waals surface area contributed by atoms with Crippen molar-refractivity contribution in [3.8, 4) is 0 Å². The monoisotopic (exact) mass is 309 g/mol. The van der Waals surface area contributed by atoms with E-state index >= 15 is 0 Å². The molecule has 0 fully saturated rings. The number of hydrogen-bond donors (Lipinski definition) is 3. The summed E-state index contributed by atoms with van der Waals surface area (Å²) in [6.45, 7) is 2.13. The Morgan fingerprint density at radius 3 is 2.81 bits per heavy atom. The lowest BCUT2D eigenvalue weighted by atomic mass is 10.1. The summed E-state index contributed by atoms with van der Waals surface area (Å²) < 4.78 is 27.1. The van der Waals surface area contributed by atoms with E-state index in [-0.39, 0.29) is 17.5 Å². The molecule has 1 heterocycles. The predicted octanol–water partition coefficient (Wildman–Crippen LogP) is 0.954. The Kier molecular flexibility index (Phi) is 5.05. The second kappa shape index (κ2) is 6.79. The molecule has 0 aliphatic carbocycles. The van der Waals surface area contributed by atoms with Gasteiger partial charge in [-0.2, -0.15) is 5.10 Å². The minimum Gasteiger partial charge on any atom is -0.313 e. The number of hydrogen-bond acceptors (Lipinski definition) is 5. The van der Waals surface area contributed by atoms with E-state index in [1.165, 1.54) is 6.33 Å². The lowest BCUT2D eigenvalue weighted by molar-refractivity contribution is 0.570. The van der Waals surface area contributed by atoms with E-state index in [2.05, 4.69) is 25.2 Å². The van der Waals surface area contributed by atoms with Crippen molar-refractivity contribution < 1.29 is 8.42 Å². The van der Waals surface area contributed by atoms with Crippen molar-refractivity contribution in [2.75, 3.05) is 7.05 Å². The molecule has 1 unspecified atom stereocenters. The molecule has 0 aliphatic rings. The standard InChI is InChI=1S/C13H19N5O2S/c1-3-12(14-2)10-5-4-6-11(7-10)21(19,20)17-8-13-15-9-16-18-13/h4-7,9,12,14,17H,3,8H2,1-2H3,(H,15,16,18). The first kappa shape index (κ1) is 15.6. The summed E-state index contributed by atoms with van der Waals surface area (Å²) in [4.78, 5) is 4.13. The molecule has 2 aromatic rings. The zero-order valence-corrected chi connectivity index (χ0v) is 12.8. The maximum Gasteiger partial charge on any atom is 0.240 e. The Labute approximate surface area is 124 Å². The topological polar surface area (TPSA) is 99.8 Å². The van der Waals surface area contributed by atoms with Gasteiger partial charge >= 0.3 is 0 Å². The molecule has 8 heteroatoms. The van der Waals surface area contributed by atoms with E-state index in [1.54, 1.807) is 18.2 Å². The van der Waals surface area contributed by atoms with E-state index in [1.807, 2.05) is 20.0 Å². The summed E-state index contributed by atoms with van der Waals surface area (Å²) in [7, 11) is -1.72. The van der Waals surface area contributed by atoms with Crippen LogP contribution in [0.1, 0.15) is 30.8 Å². The maximum atomic E-state index is 12.3. The molecule has 0 saturated carbocycles. The second-order valence-electron chi connectivity index (χ2n) is 4.58. The number of rotatable bonds is 7. The first-order valence-electron chi connectivity index (χ1n) is 6.68. The molecule has 1 atom stereocenters. The van der Waals surface area contributed by atoms with Crippen LogP contribution in [0.15, 0.2) is 35.5 Å². The Balaban J connectivity index is 2.17. The summed E-state index contributed by atoms with van der Waals surface area (Å²) in [5.74, 6) is 0.469. The molecule has 114 valence electrons. The minimum atomic E-state index is -3.57. The molecule has 7 nitrogen and oxygen atoms in total. The van der Waals surface area contributed by atoms with Gasteiger partial charge in [0.25, 0.3) is 0 Å². The first-order chi connectivity index (χ1) is 10.1. The molecule has 0 bridgehead atoms. The van der Waals surface area contributed by atoms with Gasteiger partial charge in [0.1, 0.15) is 12.2 Å². The van der Waals surface area contributed by atoms with E-state index in [0.717, 1.165) is 12.0 Å². The summed E-state index contributed by atoms with van der Waals surface area (Å²) >= 11 is 0. The fraction of sp³-hybridized carbons (Fsp3) is 0.385. The average molecular weight is 309 g/mol. The Bertz CT molecular complexity index is 666. The first-order valence-corrected chi connectivity index (χ1v) is 8.16. The number of aromatic nitrogens is 3. The van der Waals surface area contributed by atoms with E-state index in [0.29, 0.717) is 5.82 Å². The number of aromatic amines is 1. The van der Waals surface area contributed by atoms with Crippen molar-refractivity contribution in [2.45, 2.75) is 30.8 Å². The minimum absolute atomic E-state index is 0.0792. The van der Waals surface area contributed by atoms with Crippen LogP contribution in [0, 0.1) is 0 Å². The largest absolute Gasteiger partial charge is 0.313 e. The number of nitrogens with zero attached hydrogens (tertiary/aromatic N) is 2. The Morgan fingerprint density at radius 1 is 1.38 bits per heavy atom. The number of benzene rings is 1. The van der Waals surface area contributed by atoms with Crippen LogP contribution in [-0.4, -0.2) is 30.6 Å². The third-order valence-corrected chi connectivity index (χ3v) is 4.62. The van der Waals surface area contributed by atoms with Crippen LogP contribution in [0.5, 0.6) is 0 Å². The van der Waals surface area contributed by atoms with Crippen LogP contribution in [0.4, 0.5) is 0 Å². The average Bonchev–Trinajstić information content (AvgIpc) is 3.00. The molecule has 0 aliphatic heterocycles. The van der Waals surface area contributed by atoms with Gasteiger partial charge in [0.15, 0.2) is 0 Å². The third-order valence-electron chi connectivity index (χ3n) is 3.22. The molecule has 0 amide bonds. The molecule has 1 aromatic heterocycles. The molecule has 3 N–H and O–H groups in total. The fourth-order valence-corrected chi connectivity index (χ4v) is 3.11. The van der Waals surface area contributed by atoms with Crippen molar-refractivity contribution in [3.63, 3.8) is 0 Å². The quantitative estimate of drug-likeness (QED) is 0.707. The molecule has 0 radical (unpaired) electrons. The van der Waals surface area contributed by atoms with Gasteiger partial charge in [0.05, 0.1) is 11.4 Å². The van der Waals surface area contributed by atoms with Gasteiger partial charge in [0, 0.05) is 6.04 Å². The molecular formula is C13H19N5O2S. The van der Waals surface area contributed by atoms with Crippen LogP contribution in [-0.2, 0) is 16.6 Å². The summed E-state index contributed by atoms with van der Waals surface area (Å²) in [6.07, 6.45) is 2.22. The van der Waals surface area contributed by atoms with Crippen LogP contribution in [0.2, 0.25) is 0 Å². The normalized spacial score (nSPS) is 13.2. The van der Waals surface area contributed by atoms with Gasteiger partial charge in [0.2, 0.25) is 10.0 Å². The zero-order valence-electron chi connectivity index (χ0n) is 12.0. The van der Waals surface area contributed by atoms with Gasteiger partial charge < -0.3 is 5.32 Å². The van der Waals surface area contributed by atoms with Gasteiger partial charge in [-0.05, 0) is 31.2 Å². The zero-order chi connectivity index (χ0) is 15.3. The fourth-order valence-electron chi connectivity index (χ4n) is 2.07. The van der Waals surface area contributed by atoms with Crippen molar-refractivity contribution in [1.29, 1.82) is 0 Å². The van der Waals surface area contributed by atoms with E-state index < -0.39 is 10.0 Å². The van der Waals surface area contributed by atoms with Gasteiger partial charge in [-0.25, -0.2) is 18.1 Å². The van der Waals surface area contributed by atoms with Gasteiger partial charge in [-0.1, -0.05) is 19.1 Å². The lowest BCUT2D eigenvalue weighted by Crippen LogP contribution is -2.24. The van der Waals surface area contributed by atoms with Crippen molar-refractivity contribution in [1.82, 2.24) is 25.2 Å². The highest BCUT2D eigenvalue weighted by Gasteiger charge is 2.16. The lowest BCUT2D eigenvalue weighted by Gasteiger charge is -2.15. The summed E-state index contributed by atoms with van der Waals surface area (Å²) in [5, 5.41) is 9.45. The Morgan fingerprint density at radius 2 is 2.19 bits per heavy atom. The third kappa shape index (κ3) is 3.87. The van der Waals surface area contributed by atoms with Crippen LogP contribution < -0.4 is 10.0 Å². The Hall–Kier alpha value is -1.77. The molecule has 1 aromatic carbocycles. The SMILES string of the molecule is CCC(NC)c1cccc(S(=O)(=O)NCc2ncn[nH]2)c1. The highest BCUT2D eigenvalue weighted by atomic mass is 32.2. The summed E-state index contributed by atoms with van der Waals surface area (Å²) in [6, 6.07) is 7.06. The maximum absolute atomic E-state index is 12.3. The van der Waals surface area contributed by atoms with Crippen molar-refractivity contribution in [3.05, 3.63) is 42.0 Å². The van der Waals surface area contributed by atoms with E-state index in [4.69, 9.17) is 0 Å². The second-order valence-corrected chi connectivity index (χ2v) is 6.35. The highest BCUT2D eigenvalue weighted by Crippen LogP contribution is 2.19. The highest BCUT2D eigenvalue weighted by molar-refractivity contribution is 7.89. The van der Waals surface area contributed by atoms with Crippen LogP contribution in [0.3, 0.4) is 0 Å². The van der Waals surface area contributed by atoms with Gasteiger partial charge in [-0.15, -0.1) is 0 Å². The van der Waals surface area contributed by atoms with Crippen LogP contribution >= 0.6 is 0 Å². The predicted molar refractivity (Wildman–Crippen MR) is 78.9 cm³/mol. The smallest absolute Gasteiger partial charge is 0.240 e. The number of sulfonamides is 1. The number of nitrogens with one attached hydrogen (secondary N) is 3. The molecule has 2 rings (SSSR count). The van der Waals surface area contributed by atoms with Gasteiger partial charge in [-0.3, -0.25) is 5.10 Å². The van der Waals surface area contributed by atoms with Crippen molar-refractivity contribution in [2.24, 2.45) is 0 Å². The molecular weight excluding hydrogens is 290 g/mol. The molecule has 0 saturated heterocycles. The summed E-state index contributed by atoms with van der Waals surface area (Å²) in [5.41, 5.74) is 0.947. The van der Waals surface area contributed by atoms with E-state index in [9.17, 15) is 8.42 Å². The molecule has 21 heavy (non-hydrogen) atoms.